The molecule has 0 bridgehead atoms. The molecule has 2 fully saturated rings. The minimum atomic E-state index is -0.230. The minimum Gasteiger partial charge on any atom is -0.382 e. The number of hydrogen-bond donors (Lipinski definition) is 1. The van der Waals surface area contributed by atoms with Crippen molar-refractivity contribution >= 4 is 21.6 Å². The summed E-state index contributed by atoms with van der Waals surface area (Å²) in [4.78, 5) is 0. The van der Waals surface area contributed by atoms with Crippen molar-refractivity contribution in [2.75, 3.05) is 11.9 Å². The molecule has 1 unspecified atom stereocenters. The van der Waals surface area contributed by atoms with E-state index in [1.165, 1.54) is 44.6 Å². The Bertz CT molecular complexity index is 474. The first kappa shape index (κ1) is 14.3. The largest absolute Gasteiger partial charge is 0.382 e. The normalized spacial score (nSPS) is 25.0. The molecule has 4 heteroatoms. The molecule has 2 aliphatic rings. The van der Waals surface area contributed by atoms with Crippen LogP contribution in [0.3, 0.4) is 0 Å². The topological polar surface area (TPSA) is 21.3 Å². The first-order valence-corrected chi connectivity index (χ1v) is 8.33. The van der Waals surface area contributed by atoms with E-state index >= 15 is 0 Å². The average molecular weight is 342 g/mol. The van der Waals surface area contributed by atoms with Gasteiger partial charge in [-0.05, 0) is 59.8 Å². The van der Waals surface area contributed by atoms with Crippen molar-refractivity contribution in [2.24, 2.45) is 0 Å². The van der Waals surface area contributed by atoms with E-state index in [9.17, 15) is 4.39 Å². The maximum absolute atomic E-state index is 13.4. The fraction of sp³-hybridized carbons (Fsp3) is 0.625. The van der Waals surface area contributed by atoms with E-state index in [4.69, 9.17) is 4.74 Å². The molecule has 3 rings (SSSR count). The monoisotopic (exact) mass is 341 g/mol. The van der Waals surface area contributed by atoms with Crippen LogP contribution in [0.1, 0.15) is 44.9 Å². The van der Waals surface area contributed by atoms with Gasteiger partial charge in [0.2, 0.25) is 0 Å². The molecule has 1 saturated heterocycles. The second-order valence-corrected chi connectivity index (χ2v) is 6.89. The van der Waals surface area contributed by atoms with Crippen LogP contribution in [0.5, 0.6) is 0 Å². The molecule has 2 nitrogen and oxygen atoms in total. The van der Waals surface area contributed by atoms with Gasteiger partial charge in [-0.1, -0.05) is 19.3 Å². The van der Waals surface area contributed by atoms with Gasteiger partial charge in [-0.15, -0.1) is 0 Å². The molecule has 0 aromatic heterocycles. The molecule has 1 aromatic rings. The van der Waals surface area contributed by atoms with Gasteiger partial charge in [-0.2, -0.15) is 0 Å². The summed E-state index contributed by atoms with van der Waals surface area (Å²) in [5.41, 5.74) is 0.981. The molecular weight excluding hydrogens is 321 g/mol. The lowest BCUT2D eigenvalue weighted by atomic mass is 9.83. The quantitative estimate of drug-likeness (QED) is 0.845. The maximum atomic E-state index is 13.4. The van der Waals surface area contributed by atoms with Crippen LogP contribution in [-0.2, 0) is 4.74 Å². The van der Waals surface area contributed by atoms with Crippen molar-refractivity contribution in [3.8, 4) is 0 Å². The van der Waals surface area contributed by atoms with Gasteiger partial charge >= 0.3 is 0 Å². The zero-order valence-electron chi connectivity index (χ0n) is 11.6. The summed E-state index contributed by atoms with van der Waals surface area (Å²) < 4.78 is 20.2. The van der Waals surface area contributed by atoms with Crippen LogP contribution in [-0.4, -0.2) is 18.2 Å². The lowest BCUT2D eigenvalue weighted by Crippen LogP contribution is -2.33. The summed E-state index contributed by atoms with van der Waals surface area (Å²) in [7, 11) is 0. The Balaban J connectivity index is 1.53. The molecule has 1 heterocycles. The lowest BCUT2D eigenvalue weighted by Gasteiger charge is -2.33. The minimum absolute atomic E-state index is 0.162. The van der Waals surface area contributed by atoms with Gasteiger partial charge in [0.15, 0.2) is 0 Å². The Hall–Kier alpha value is -0.610. The molecule has 0 radical (unpaired) electrons. The molecule has 110 valence electrons. The summed E-state index contributed by atoms with van der Waals surface area (Å²) >= 11 is 3.17. The highest BCUT2D eigenvalue weighted by atomic mass is 79.9. The number of benzene rings is 1. The Morgan fingerprint density at radius 2 is 2.05 bits per heavy atom. The van der Waals surface area contributed by atoms with Crippen molar-refractivity contribution in [3.05, 3.63) is 28.5 Å². The van der Waals surface area contributed by atoms with Crippen molar-refractivity contribution in [1.82, 2.24) is 0 Å². The van der Waals surface area contributed by atoms with Crippen LogP contribution >= 0.6 is 15.9 Å². The second-order valence-electron chi connectivity index (χ2n) is 6.03. The first-order chi connectivity index (χ1) is 9.67. The van der Waals surface area contributed by atoms with Crippen LogP contribution in [0.25, 0.3) is 0 Å². The third-order valence-electron chi connectivity index (χ3n) is 4.56. The van der Waals surface area contributed by atoms with Crippen LogP contribution in [0, 0.1) is 5.82 Å². The smallest absolute Gasteiger partial charge is 0.139 e. The predicted octanol–water partition coefficient (Wildman–Crippen LogP) is 4.88. The molecule has 1 aromatic carbocycles. The van der Waals surface area contributed by atoms with Crippen LogP contribution < -0.4 is 5.32 Å². The van der Waals surface area contributed by atoms with E-state index in [1.54, 1.807) is 6.07 Å². The van der Waals surface area contributed by atoms with Crippen molar-refractivity contribution in [2.45, 2.75) is 56.7 Å². The van der Waals surface area contributed by atoms with Gasteiger partial charge in [0, 0.05) is 12.2 Å². The van der Waals surface area contributed by atoms with E-state index in [2.05, 4.69) is 21.2 Å². The Morgan fingerprint density at radius 3 is 2.80 bits per heavy atom. The van der Waals surface area contributed by atoms with E-state index in [0.29, 0.717) is 4.47 Å². The molecular formula is C16H21BrFNO. The predicted molar refractivity (Wildman–Crippen MR) is 82.5 cm³/mol. The fourth-order valence-corrected chi connectivity index (χ4v) is 3.69. The molecule has 1 atom stereocenters. The van der Waals surface area contributed by atoms with Gasteiger partial charge in [-0.3, -0.25) is 0 Å². The SMILES string of the molecule is Fc1cc(NCC2CCC3(CCCCC3)O2)ccc1Br. The van der Waals surface area contributed by atoms with Gasteiger partial charge < -0.3 is 10.1 Å². The number of rotatable bonds is 3. The zero-order chi connectivity index (χ0) is 14.0. The Labute approximate surface area is 128 Å². The van der Waals surface area contributed by atoms with Crippen molar-refractivity contribution in [3.63, 3.8) is 0 Å². The van der Waals surface area contributed by atoms with Gasteiger partial charge in [-0.25, -0.2) is 4.39 Å². The summed E-state index contributed by atoms with van der Waals surface area (Å²) in [6.45, 7) is 0.767. The van der Waals surface area contributed by atoms with Gasteiger partial charge in [0.05, 0.1) is 16.2 Å². The summed E-state index contributed by atoms with van der Waals surface area (Å²) in [5, 5.41) is 3.29. The number of nitrogens with one attached hydrogen (secondary N) is 1. The Morgan fingerprint density at radius 1 is 1.25 bits per heavy atom. The highest BCUT2D eigenvalue weighted by Crippen LogP contribution is 2.41. The summed E-state index contributed by atoms with van der Waals surface area (Å²) in [6.07, 6.45) is 8.97. The van der Waals surface area contributed by atoms with Crippen molar-refractivity contribution in [1.29, 1.82) is 0 Å². The highest BCUT2D eigenvalue weighted by molar-refractivity contribution is 9.10. The van der Waals surface area contributed by atoms with E-state index in [1.807, 2.05) is 6.07 Å². The average Bonchev–Trinajstić information content (AvgIpc) is 2.84. The molecule has 1 aliphatic heterocycles. The maximum Gasteiger partial charge on any atom is 0.139 e. The molecule has 1 spiro atoms. The van der Waals surface area contributed by atoms with Gasteiger partial charge in [0.1, 0.15) is 5.82 Å². The zero-order valence-corrected chi connectivity index (χ0v) is 13.2. The lowest BCUT2D eigenvalue weighted by molar-refractivity contribution is -0.0588. The fourth-order valence-electron chi connectivity index (χ4n) is 3.44. The Kier molecular flexibility index (Phi) is 4.32. The molecule has 1 aliphatic carbocycles. The third-order valence-corrected chi connectivity index (χ3v) is 5.20. The van der Waals surface area contributed by atoms with E-state index in [0.717, 1.165) is 18.7 Å². The second kappa shape index (κ2) is 6.02. The first-order valence-electron chi connectivity index (χ1n) is 7.54. The van der Waals surface area contributed by atoms with Crippen molar-refractivity contribution < 1.29 is 9.13 Å². The third kappa shape index (κ3) is 3.17. The van der Waals surface area contributed by atoms with Crippen LogP contribution in [0.4, 0.5) is 10.1 Å². The van der Waals surface area contributed by atoms with Crippen LogP contribution in [0.2, 0.25) is 0 Å². The van der Waals surface area contributed by atoms with E-state index < -0.39 is 0 Å². The number of ether oxygens (including phenoxy) is 1. The molecule has 1 saturated carbocycles. The van der Waals surface area contributed by atoms with E-state index in [-0.39, 0.29) is 17.5 Å². The molecule has 0 amide bonds. The number of anilines is 1. The highest BCUT2D eigenvalue weighted by Gasteiger charge is 2.40. The molecule has 20 heavy (non-hydrogen) atoms. The standard InChI is InChI=1S/C16H21BrFNO/c17-14-5-4-12(10-15(14)18)19-11-13-6-9-16(20-13)7-2-1-3-8-16/h4-5,10,13,19H,1-3,6-9,11H2. The summed E-state index contributed by atoms with van der Waals surface area (Å²) in [5.74, 6) is -0.230. The number of hydrogen-bond acceptors (Lipinski definition) is 2. The van der Waals surface area contributed by atoms with Crippen LogP contribution in [0.15, 0.2) is 22.7 Å². The number of halogens is 2. The summed E-state index contributed by atoms with van der Waals surface area (Å²) in [6, 6.07) is 5.14. The molecule has 1 N–H and O–H groups in total. The van der Waals surface area contributed by atoms with Gasteiger partial charge in [0.25, 0.3) is 0 Å².